The summed E-state index contributed by atoms with van der Waals surface area (Å²) < 4.78 is 55.0. The second-order valence-corrected chi connectivity index (χ2v) is 5.97. The van der Waals surface area contributed by atoms with Crippen molar-refractivity contribution < 1.29 is 27.4 Å². The Labute approximate surface area is 147 Å². The van der Waals surface area contributed by atoms with Crippen LogP contribution in [0.2, 0.25) is 0 Å². The molecule has 0 N–H and O–H groups in total. The number of hydrogen-bond donors (Lipinski definition) is 0. The van der Waals surface area contributed by atoms with E-state index in [1.165, 1.54) is 13.2 Å². The summed E-state index contributed by atoms with van der Waals surface area (Å²) >= 11 is 0. The number of aryl methyl sites for hydroxylation is 1. The first kappa shape index (κ1) is 16.5. The third kappa shape index (κ3) is 2.69. The first-order chi connectivity index (χ1) is 12.4. The highest BCUT2D eigenvalue weighted by atomic mass is 19.4. The van der Waals surface area contributed by atoms with Gasteiger partial charge in [0.2, 0.25) is 12.5 Å². The van der Waals surface area contributed by atoms with Crippen molar-refractivity contribution in [2.24, 2.45) is 0 Å². The highest BCUT2D eigenvalue weighted by molar-refractivity contribution is 5.86. The molecule has 2 heterocycles. The molecule has 4 rings (SSSR count). The van der Waals surface area contributed by atoms with Gasteiger partial charge in [-0.05, 0) is 48.9 Å². The fraction of sp³-hybridized carbons (Fsp3) is 0.211. The van der Waals surface area contributed by atoms with Gasteiger partial charge >= 0.3 is 6.18 Å². The monoisotopic (exact) mass is 361 g/mol. The predicted octanol–water partition coefficient (Wildman–Crippen LogP) is 4.97. The molecule has 26 heavy (non-hydrogen) atoms. The molecule has 0 saturated heterocycles. The third-order valence-electron chi connectivity index (χ3n) is 4.30. The van der Waals surface area contributed by atoms with Gasteiger partial charge < -0.3 is 14.2 Å². The minimum atomic E-state index is -4.38. The molecule has 0 unspecified atom stereocenters. The molecule has 1 aliphatic rings. The Hall–Kier alpha value is -2.96. The van der Waals surface area contributed by atoms with Gasteiger partial charge in [-0.15, -0.1) is 0 Å². The van der Waals surface area contributed by atoms with Gasteiger partial charge in [-0.25, -0.2) is 4.98 Å². The van der Waals surface area contributed by atoms with Crippen LogP contribution >= 0.6 is 0 Å². The number of nitrogens with zero attached hydrogens (tertiary/aromatic N) is 1. The van der Waals surface area contributed by atoms with Crippen molar-refractivity contribution in [3.05, 3.63) is 47.5 Å². The first-order valence-corrected chi connectivity index (χ1v) is 7.83. The lowest BCUT2D eigenvalue weighted by Gasteiger charge is -2.12. The summed E-state index contributed by atoms with van der Waals surface area (Å²) in [5.74, 6) is 1.59. The maximum atomic E-state index is 12.9. The molecule has 1 aromatic heterocycles. The van der Waals surface area contributed by atoms with Crippen LogP contribution in [0.3, 0.4) is 0 Å². The molecule has 1 aliphatic heterocycles. The molecular weight excluding hydrogens is 347 g/mol. The number of rotatable bonds is 2. The second-order valence-electron chi connectivity index (χ2n) is 5.97. The molecule has 0 aliphatic carbocycles. The van der Waals surface area contributed by atoms with E-state index in [9.17, 15) is 13.2 Å². The Bertz CT molecular complexity index is 1020. The Morgan fingerprint density at radius 2 is 1.88 bits per heavy atom. The maximum absolute atomic E-state index is 12.9. The zero-order valence-electron chi connectivity index (χ0n) is 14.0. The van der Waals surface area contributed by atoms with E-state index in [0.29, 0.717) is 39.4 Å². The molecule has 4 nitrogen and oxygen atoms in total. The van der Waals surface area contributed by atoms with Crippen LogP contribution in [0.4, 0.5) is 13.2 Å². The minimum Gasteiger partial charge on any atom is -0.493 e. The SMILES string of the molecule is COc1cc(-c2cc(C)c3cc(C(F)(F)F)ccc3n2)cc2c1OCO2. The van der Waals surface area contributed by atoms with Crippen molar-refractivity contribution in [1.82, 2.24) is 4.98 Å². The van der Waals surface area contributed by atoms with Crippen molar-refractivity contribution in [1.29, 1.82) is 0 Å². The van der Waals surface area contributed by atoms with E-state index in [1.807, 2.05) is 0 Å². The molecule has 0 atom stereocenters. The van der Waals surface area contributed by atoms with Crippen molar-refractivity contribution >= 4 is 10.9 Å². The van der Waals surface area contributed by atoms with Gasteiger partial charge in [-0.3, -0.25) is 0 Å². The third-order valence-corrected chi connectivity index (χ3v) is 4.30. The summed E-state index contributed by atoms with van der Waals surface area (Å²) in [6, 6.07) is 8.85. The van der Waals surface area contributed by atoms with Crippen LogP contribution in [-0.2, 0) is 6.18 Å². The van der Waals surface area contributed by atoms with Crippen LogP contribution < -0.4 is 14.2 Å². The molecule has 0 radical (unpaired) electrons. The fourth-order valence-corrected chi connectivity index (χ4v) is 3.00. The Morgan fingerprint density at radius 1 is 1.08 bits per heavy atom. The van der Waals surface area contributed by atoms with E-state index < -0.39 is 11.7 Å². The molecule has 0 amide bonds. The van der Waals surface area contributed by atoms with E-state index in [4.69, 9.17) is 14.2 Å². The van der Waals surface area contributed by atoms with Gasteiger partial charge in [0.25, 0.3) is 0 Å². The number of pyridine rings is 1. The maximum Gasteiger partial charge on any atom is 0.416 e. The van der Waals surface area contributed by atoms with Gasteiger partial charge in [-0.1, -0.05) is 0 Å². The van der Waals surface area contributed by atoms with E-state index in [2.05, 4.69) is 4.98 Å². The number of alkyl halides is 3. The van der Waals surface area contributed by atoms with Gasteiger partial charge in [-0.2, -0.15) is 13.2 Å². The van der Waals surface area contributed by atoms with Crippen LogP contribution in [0.25, 0.3) is 22.2 Å². The normalized spacial score (nSPS) is 13.3. The Morgan fingerprint density at radius 3 is 2.62 bits per heavy atom. The summed E-state index contributed by atoms with van der Waals surface area (Å²) in [5, 5.41) is 0.469. The zero-order valence-corrected chi connectivity index (χ0v) is 14.0. The minimum absolute atomic E-state index is 0.111. The van der Waals surface area contributed by atoms with Crippen LogP contribution in [0, 0.1) is 6.92 Å². The first-order valence-electron chi connectivity index (χ1n) is 7.83. The number of hydrogen-bond acceptors (Lipinski definition) is 4. The fourth-order valence-electron chi connectivity index (χ4n) is 3.00. The summed E-state index contributed by atoms with van der Waals surface area (Å²) in [6.45, 7) is 1.87. The number of aromatic nitrogens is 1. The predicted molar refractivity (Wildman–Crippen MR) is 89.6 cm³/mol. The standard InChI is InChI=1S/C19H14F3NO3/c1-10-5-15(11-6-16(24-2)18-17(7-11)25-9-26-18)23-14-4-3-12(8-13(10)14)19(20,21)22/h3-8H,9H2,1-2H3. The summed E-state index contributed by atoms with van der Waals surface area (Å²) in [6.07, 6.45) is -4.38. The summed E-state index contributed by atoms with van der Waals surface area (Å²) in [4.78, 5) is 4.51. The summed E-state index contributed by atoms with van der Waals surface area (Å²) in [7, 11) is 1.53. The van der Waals surface area contributed by atoms with Crippen molar-refractivity contribution in [2.45, 2.75) is 13.1 Å². The molecule has 7 heteroatoms. The van der Waals surface area contributed by atoms with Crippen LogP contribution in [-0.4, -0.2) is 18.9 Å². The Balaban J connectivity index is 1.86. The highest BCUT2D eigenvalue weighted by Gasteiger charge is 2.30. The number of ether oxygens (including phenoxy) is 3. The highest BCUT2D eigenvalue weighted by Crippen LogP contribution is 2.44. The lowest BCUT2D eigenvalue weighted by atomic mass is 10.0. The van der Waals surface area contributed by atoms with Gasteiger partial charge in [0.1, 0.15) is 0 Å². The second kappa shape index (κ2) is 5.79. The zero-order chi connectivity index (χ0) is 18.5. The molecule has 2 aromatic carbocycles. The molecule has 0 saturated carbocycles. The van der Waals surface area contributed by atoms with Crippen LogP contribution in [0.1, 0.15) is 11.1 Å². The molecule has 134 valence electrons. The number of methoxy groups -OCH3 is 1. The lowest BCUT2D eigenvalue weighted by Crippen LogP contribution is -2.04. The van der Waals surface area contributed by atoms with Crippen molar-refractivity contribution in [3.8, 4) is 28.5 Å². The molecule has 0 fully saturated rings. The van der Waals surface area contributed by atoms with E-state index in [1.54, 1.807) is 25.1 Å². The number of halogens is 3. The van der Waals surface area contributed by atoms with E-state index in [-0.39, 0.29) is 6.79 Å². The van der Waals surface area contributed by atoms with Gasteiger partial charge in [0.05, 0.1) is 23.9 Å². The van der Waals surface area contributed by atoms with Gasteiger partial charge in [0.15, 0.2) is 11.5 Å². The molecule has 3 aromatic rings. The number of fused-ring (bicyclic) bond motifs is 2. The quantitative estimate of drug-likeness (QED) is 0.646. The Kier molecular flexibility index (Phi) is 3.68. The lowest BCUT2D eigenvalue weighted by molar-refractivity contribution is -0.137. The average Bonchev–Trinajstić information content (AvgIpc) is 3.08. The summed E-state index contributed by atoms with van der Waals surface area (Å²) in [5.41, 5.74) is 1.85. The topological polar surface area (TPSA) is 40.6 Å². The molecule has 0 bridgehead atoms. The van der Waals surface area contributed by atoms with Crippen molar-refractivity contribution in [2.75, 3.05) is 13.9 Å². The largest absolute Gasteiger partial charge is 0.493 e. The van der Waals surface area contributed by atoms with E-state index in [0.717, 1.165) is 17.7 Å². The number of benzene rings is 2. The smallest absolute Gasteiger partial charge is 0.416 e. The van der Waals surface area contributed by atoms with Crippen LogP contribution in [0.5, 0.6) is 17.2 Å². The molecule has 0 spiro atoms. The van der Waals surface area contributed by atoms with Crippen LogP contribution in [0.15, 0.2) is 36.4 Å². The van der Waals surface area contributed by atoms with Crippen molar-refractivity contribution in [3.63, 3.8) is 0 Å². The average molecular weight is 361 g/mol. The van der Waals surface area contributed by atoms with Gasteiger partial charge in [0, 0.05) is 10.9 Å². The molecular formula is C19H14F3NO3. The van der Waals surface area contributed by atoms with E-state index >= 15 is 0 Å².